The normalized spacial score (nSPS) is 11.2. The van der Waals surface area contributed by atoms with E-state index in [1.54, 1.807) is 19.1 Å². The topological polar surface area (TPSA) is 73.8 Å². The van der Waals surface area contributed by atoms with Crippen LogP contribution in [-0.2, 0) is 6.54 Å². The summed E-state index contributed by atoms with van der Waals surface area (Å²) in [7, 11) is 0. The minimum absolute atomic E-state index is 0.000489. The zero-order chi connectivity index (χ0) is 18.3. The third-order valence-corrected chi connectivity index (χ3v) is 3.99. The molecule has 8 heteroatoms. The number of aryl methyl sites for hydroxylation is 1. The Morgan fingerprint density at radius 3 is 2.81 bits per heavy atom. The van der Waals surface area contributed by atoms with Crippen molar-refractivity contribution >= 4 is 10.9 Å². The lowest BCUT2D eigenvalue weighted by Crippen LogP contribution is -2.21. The Bertz CT molecular complexity index is 1180. The molecule has 2 aromatic carbocycles. The Balaban J connectivity index is 1.66. The number of aromatic nitrogens is 4. The molecule has 0 radical (unpaired) electrons. The van der Waals surface area contributed by atoms with Crippen molar-refractivity contribution in [2.24, 2.45) is 0 Å². The highest BCUT2D eigenvalue weighted by molar-refractivity contribution is 5.77. The van der Waals surface area contributed by atoms with Gasteiger partial charge in [0.15, 0.2) is 0 Å². The number of hydrogen-bond acceptors (Lipinski definition) is 5. The van der Waals surface area contributed by atoms with Crippen LogP contribution in [-0.4, -0.2) is 19.7 Å². The van der Waals surface area contributed by atoms with Gasteiger partial charge in [-0.25, -0.2) is 13.8 Å². The van der Waals surface area contributed by atoms with Crippen LogP contribution in [0.4, 0.5) is 8.78 Å². The van der Waals surface area contributed by atoms with Gasteiger partial charge < -0.3 is 4.52 Å². The standard InChI is InChI=1S/C18H12F2N4O2/c1-10-2-3-11(6-14(10)20)17-22-16(26-23-17)8-24-9-21-15-7-12(19)4-5-13(15)18(24)25/h2-7,9H,8H2,1H3. The molecule has 4 aromatic rings. The van der Waals surface area contributed by atoms with Crippen molar-refractivity contribution in [3.8, 4) is 11.4 Å². The molecule has 0 saturated carbocycles. The van der Waals surface area contributed by atoms with Crippen LogP contribution in [0.1, 0.15) is 11.5 Å². The van der Waals surface area contributed by atoms with E-state index in [9.17, 15) is 13.6 Å². The fraction of sp³-hybridized carbons (Fsp3) is 0.111. The molecule has 4 rings (SSSR count). The maximum atomic E-state index is 13.7. The Morgan fingerprint density at radius 1 is 1.15 bits per heavy atom. The average molecular weight is 354 g/mol. The lowest BCUT2D eigenvalue weighted by atomic mass is 10.1. The molecular formula is C18H12F2N4O2. The molecule has 0 aliphatic rings. The fourth-order valence-electron chi connectivity index (χ4n) is 2.56. The first-order chi connectivity index (χ1) is 12.5. The molecule has 0 fully saturated rings. The van der Waals surface area contributed by atoms with E-state index < -0.39 is 5.82 Å². The molecule has 0 saturated heterocycles. The molecule has 0 aliphatic carbocycles. The van der Waals surface area contributed by atoms with Gasteiger partial charge in [-0.15, -0.1) is 0 Å². The second-order valence-corrected chi connectivity index (χ2v) is 5.81. The van der Waals surface area contributed by atoms with Crippen LogP contribution in [0.3, 0.4) is 0 Å². The van der Waals surface area contributed by atoms with Crippen molar-refractivity contribution in [3.63, 3.8) is 0 Å². The first kappa shape index (κ1) is 16.1. The van der Waals surface area contributed by atoms with Gasteiger partial charge in [0.1, 0.15) is 18.2 Å². The van der Waals surface area contributed by atoms with Gasteiger partial charge in [-0.2, -0.15) is 4.98 Å². The van der Waals surface area contributed by atoms with Gasteiger partial charge >= 0.3 is 0 Å². The predicted molar refractivity (Wildman–Crippen MR) is 89.5 cm³/mol. The zero-order valence-electron chi connectivity index (χ0n) is 13.6. The van der Waals surface area contributed by atoms with Gasteiger partial charge in [0.25, 0.3) is 5.56 Å². The van der Waals surface area contributed by atoms with Gasteiger partial charge in [-0.05, 0) is 30.7 Å². The molecule has 0 N–H and O–H groups in total. The summed E-state index contributed by atoms with van der Waals surface area (Å²) >= 11 is 0. The Kier molecular flexibility index (Phi) is 3.80. The summed E-state index contributed by atoms with van der Waals surface area (Å²) in [6.45, 7) is 1.66. The number of nitrogens with zero attached hydrogens (tertiary/aromatic N) is 4. The summed E-state index contributed by atoms with van der Waals surface area (Å²) in [5.41, 5.74) is 0.911. The largest absolute Gasteiger partial charge is 0.337 e. The predicted octanol–water partition coefficient (Wildman–Crippen LogP) is 3.08. The summed E-state index contributed by atoms with van der Waals surface area (Å²) < 4.78 is 33.3. The van der Waals surface area contributed by atoms with E-state index in [1.807, 2.05) is 0 Å². The molecule has 0 amide bonds. The van der Waals surface area contributed by atoms with Crippen LogP contribution in [0.5, 0.6) is 0 Å². The van der Waals surface area contributed by atoms with Crippen LogP contribution >= 0.6 is 0 Å². The number of rotatable bonds is 3. The van der Waals surface area contributed by atoms with E-state index in [-0.39, 0.29) is 40.5 Å². The van der Waals surface area contributed by atoms with E-state index in [1.165, 1.54) is 35.2 Å². The van der Waals surface area contributed by atoms with E-state index in [2.05, 4.69) is 15.1 Å². The van der Waals surface area contributed by atoms with Gasteiger partial charge in [0.05, 0.1) is 17.2 Å². The highest BCUT2D eigenvalue weighted by atomic mass is 19.1. The van der Waals surface area contributed by atoms with Crippen LogP contribution in [0, 0.1) is 18.6 Å². The summed E-state index contributed by atoms with van der Waals surface area (Å²) in [6.07, 6.45) is 1.29. The molecule has 130 valence electrons. The minimum atomic E-state index is -0.464. The molecule has 0 aliphatic heterocycles. The van der Waals surface area contributed by atoms with Crippen LogP contribution in [0.2, 0.25) is 0 Å². The fourth-order valence-corrected chi connectivity index (χ4v) is 2.56. The monoisotopic (exact) mass is 354 g/mol. The molecule has 26 heavy (non-hydrogen) atoms. The SMILES string of the molecule is Cc1ccc(-c2noc(Cn3cnc4cc(F)ccc4c3=O)n2)cc1F. The molecule has 0 unspecified atom stereocenters. The quantitative estimate of drug-likeness (QED) is 0.565. The molecule has 6 nitrogen and oxygen atoms in total. The van der Waals surface area contributed by atoms with E-state index in [0.717, 1.165) is 0 Å². The zero-order valence-corrected chi connectivity index (χ0v) is 13.6. The van der Waals surface area contributed by atoms with Crippen molar-refractivity contribution in [2.75, 3.05) is 0 Å². The molecule has 0 spiro atoms. The van der Waals surface area contributed by atoms with Crippen molar-refractivity contribution in [2.45, 2.75) is 13.5 Å². The molecule has 2 aromatic heterocycles. The van der Waals surface area contributed by atoms with Crippen molar-refractivity contribution in [1.82, 2.24) is 19.7 Å². The smallest absolute Gasteiger partial charge is 0.261 e. The number of fused-ring (bicyclic) bond motifs is 1. The highest BCUT2D eigenvalue weighted by Gasteiger charge is 2.12. The highest BCUT2D eigenvalue weighted by Crippen LogP contribution is 2.19. The maximum Gasteiger partial charge on any atom is 0.261 e. The van der Waals surface area contributed by atoms with Gasteiger partial charge in [-0.3, -0.25) is 9.36 Å². The van der Waals surface area contributed by atoms with Gasteiger partial charge in [0, 0.05) is 11.6 Å². The Morgan fingerprint density at radius 2 is 2.00 bits per heavy atom. The molecule has 2 heterocycles. The van der Waals surface area contributed by atoms with Crippen LogP contribution in [0.15, 0.2) is 52.0 Å². The van der Waals surface area contributed by atoms with E-state index in [0.29, 0.717) is 11.1 Å². The lowest BCUT2D eigenvalue weighted by molar-refractivity contribution is 0.369. The third kappa shape index (κ3) is 2.85. The van der Waals surface area contributed by atoms with Crippen molar-refractivity contribution in [1.29, 1.82) is 0 Å². The van der Waals surface area contributed by atoms with E-state index >= 15 is 0 Å². The van der Waals surface area contributed by atoms with Gasteiger partial charge in [-0.1, -0.05) is 17.3 Å². The number of benzene rings is 2. The number of halogens is 2. The molecular weight excluding hydrogens is 342 g/mol. The minimum Gasteiger partial charge on any atom is -0.337 e. The summed E-state index contributed by atoms with van der Waals surface area (Å²) in [6, 6.07) is 8.40. The van der Waals surface area contributed by atoms with E-state index in [4.69, 9.17) is 4.52 Å². The van der Waals surface area contributed by atoms with Crippen molar-refractivity contribution < 1.29 is 13.3 Å². The number of hydrogen-bond donors (Lipinski definition) is 0. The molecule has 0 atom stereocenters. The second kappa shape index (κ2) is 6.14. The summed E-state index contributed by atoms with van der Waals surface area (Å²) in [5.74, 6) is -0.431. The first-order valence-corrected chi connectivity index (χ1v) is 7.75. The second-order valence-electron chi connectivity index (χ2n) is 5.81. The lowest BCUT2D eigenvalue weighted by Gasteiger charge is -2.03. The summed E-state index contributed by atoms with van der Waals surface area (Å²) in [4.78, 5) is 20.7. The Hall–Kier alpha value is -3.42. The first-order valence-electron chi connectivity index (χ1n) is 7.75. The van der Waals surface area contributed by atoms with Gasteiger partial charge in [0.2, 0.25) is 11.7 Å². The Labute approximate surface area is 145 Å². The van der Waals surface area contributed by atoms with Crippen LogP contribution < -0.4 is 5.56 Å². The molecule has 0 bridgehead atoms. The average Bonchev–Trinajstić information content (AvgIpc) is 3.08. The summed E-state index contributed by atoms with van der Waals surface area (Å²) in [5, 5.41) is 4.11. The third-order valence-electron chi connectivity index (χ3n) is 3.99. The van der Waals surface area contributed by atoms with Crippen LogP contribution in [0.25, 0.3) is 22.3 Å². The van der Waals surface area contributed by atoms with Crippen molar-refractivity contribution in [3.05, 3.63) is 76.2 Å². The maximum absolute atomic E-state index is 13.7.